The first-order valence-corrected chi connectivity index (χ1v) is 6.55. The molecule has 4 aromatic rings. The van der Waals surface area contributed by atoms with Crippen molar-refractivity contribution in [2.45, 2.75) is 6.92 Å². The van der Waals surface area contributed by atoms with Gasteiger partial charge in [-0.1, -0.05) is 0 Å². The number of fused-ring (bicyclic) bond motifs is 3. The van der Waals surface area contributed by atoms with Gasteiger partial charge in [-0.15, -0.1) is 0 Å². The van der Waals surface area contributed by atoms with Crippen molar-refractivity contribution in [3.63, 3.8) is 0 Å². The summed E-state index contributed by atoms with van der Waals surface area (Å²) in [6.07, 6.45) is 1.76. The Labute approximate surface area is 119 Å². The van der Waals surface area contributed by atoms with E-state index in [-0.39, 0.29) is 11.6 Å². The zero-order valence-corrected chi connectivity index (χ0v) is 11.2. The maximum atomic E-state index is 13.6. The summed E-state index contributed by atoms with van der Waals surface area (Å²) < 4.78 is 30.5. The minimum atomic E-state index is -0.315. The highest BCUT2D eigenvalue weighted by atomic mass is 19.1. The van der Waals surface area contributed by atoms with Crippen LogP contribution in [-0.4, -0.2) is 14.0 Å². The highest BCUT2D eigenvalue weighted by molar-refractivity contribution is 5.83. The molecule has 0 amide bonds. The summed E-state index contributed by atoms with van der Waals surface area (Å²) in [5, 5.41) is 0. The van der Waals surface area contributed by atoms with Gasteiger partial charge in [-0.25, -0.2) is 13.8 Å². The van der Waals surface area contributed by atoms with E-state index in [1.165, 1.54) is 24.3 Å². The normalized spacial score (nSPS) is 11.6. The van der Waals surface area contributed by atoms with E-state index >= 15 is 0 Å². The predicted molar refractivity (Wildman–Crippen MR) is 76.7 cm³/mol. The van der Waals surface area contributed by atoms with Crippen molar-refractivity contribution in [1.82, 2.24) is 14.0 Å². The summed E-state index contributed by atoms with van der Waals surface area (Å²) in [5.74, 6) is 0.0564. The molecular weight excluding hydrogens is 272 g/mol. The molecule has 0 saturated carbocycles. The Morgan fingerprint density at radius 2 is 1.62 bits per heavy atom. The van der Waals surface area contributed by atoms with Gasteiger partial charge in [-0.2, -0.15) is 0 Å². The van der Waals surface area contributed by atoms with Crippen LogP contribution in [0.25, 0.3) is 22.5 Å². The molecule has 0 saturated heterocycles. The number of rotatable bonds is 1. The molecule has 0 fully saturated rings. The number of imidazole rings is 2. The highest BCUT2D eigenvalue weighted by Crippen LogP contribution is 2.26. The van der Waals surface area contributed by atoms with Gasteiger partial charge in [0.25, 0.3) is 0 Å². The Morgan fingerprint density at radius 3 is 2.38 bits per heavy atom. The molecule has 0 bridgehead atoms. The van der Waals surface area contributed by atoms with Crippen LogP contribution in [0.2, 0.25) is 0 Å². The average molecular weight is 283 g/mol. The lowest BCUT2D eigenvalue weighted by molar-refractivity contribution is 0.627. The Balaban J connectivity index is 2.18. The zero-order valence-electron chi connectivity index (χ0n) is 11.2. The summed E-state index contributed by atoms with van der Waals surface area (Å²) >= 11 is 0. The van der Waals surface area contributed by atoms with Crippen molar-refractivity contribution >= 4 is 16.8 Å². The van der Waals surface area contributed by atoms with E-state index < -0.39 is 0 Å². The van der Waals surface area contributed by atoms with Crippen molar-refractivity contribution in [3.8, 4) is 5.69 Å². The fraction of sp³-hybridized carbons (Fsp3) is 0.0625. The standard InChI is InChI=1S/C16H11F2N3/c1-10-9-19-16-20(10)14-7-4-12(18)8-15(14)21(16)13-5-2-11(17)3-6-13/h2-9H,1H3. The number of aromatic nitrogens is 3. The van der Waals surface area contributed by atoms with Gasteiger partial charge in [0.2, 0.25) is 5.78 Å². The largest absolute Gasteiger partial charge is 0.281 e. The molecule has 0 radical (unpaired) electrons. The second kappa shape index (κ2) is 4.15. The van der Waals surface area contributed by atoms with E-state index in [1.807, 2.05) is 15.9 Å². The van der Waals surface area contributed by atoms with Crippen LogP contribution >= 0.6 is 0 Å². The average Bonchev–Trinajstić information content (AvgIpc) is 2.98. The Morgan fingerprint density at radius 1 is 0.905 bits per heavy atom. The first kappa shape index (κ1) is 12.1. The van der Waals surface area contributed by atoms with Crippen LogP contribution in [0, 0.1) is 18.6 Å². The van der Waals surface area contributed by atoms with E-state index in [4.69, 9.17) is 0 Å². The number of hydrogen-bond acceptors (Lipinski definition) is 1. The number of halogens is 2. The van der Waals surface area contributed by atoms with E-state index in [0.29, 0.717) is 11.3 Å². The van der Waals surface area contributed by atoms with Crippen molar-refractivity contribution in [2.24, 2.45) is 0 Å². The van der Waals surface area contributed by atoms with E-state index in [0.717, 1.165) is 16.9 Å². The molecule has 4 rings (SSSR count). The quantitative estimate of drug-likeness (QED) is 0.520. The van der Waals surface area contributed by atoms with Gasteiger partial charge in [0, 0.05) is 17.4 Å². The number of aryl methyl sites for hydroxylation is 1. The third-order valence-corrected chi connectivity index (χ3v) is 3.62. The minimum absolute atomic E-state index is 0.308. The van der Waals surface area contributed by atoms with E-state index in [2.05, 4.69) is 4.98 Å². The lowest BCUT2D eigenvalue weighted by Gasteiger charge is -2.04. The van der Waals surface area contributed by atoms with Gasteiger partial charge >= 0.3 is 0 Å². The van der Waals surface area contributed by atoms with E-state index in [9.17, 15) is 8.78 Å². The Kier molecular flexibility index (Phi) is 2.39. The second-order valence-corrected chi connectivity index (χ2v) is 4.98. The van der Waals surface area contributed by atoms with Crippen molar-refractivity contribution in [3.05, 3.63) is 66.0 Å². The van der Waals surface area contributed by atoms with Crippen LogP contribution in [0.5, 0.6) is 0 Å². The molecule has 0 atom stereocenters. The molecule has 2 aromatic carbocycles. The summed E-state index contributed by atoms with van der Waals surface area (Å²) in [4.78, 5) is 4.39. The lowest BCUT2D eigenvalue weighted by Crippen LogP contribution is -1.95. The molecule has 0 aliphatic rings. The third kappa shape index (κ3) is 1.67. The maximum Gasteiger partial charge on any atom is 0.219 e. The van der Waals surface area contributed by atoms with Crippen molar-refractivity contribution < 1.29 is 8.78 Å². The highest BCUT2D eigenvalue weighted by Gasteiger charge is 2.15. The Hall–Kier alpha value is -2.69. The summed E-state index contributed by atoms with van der Waals surface area (Å²) in [6, 6.07) is 10.7. The van der Waals surface area contributed by atoms with Gasteiger partial charge in [-0.05, 0) is 43.3 Å². The summed E-state index contributed by atoms with van der Waals surface area (Å²) in [6.45, 7) is 1.94. The third-order valence-electron chi connectivity index (χ3n) is 3.62. The molecule has 0 spiro atoms. The second-order valence-electron chi connectivity index (χ2n) is 4.98. The van der Waals surface area contributed by atoms with Crippen LogP contribution < -0.4 is 0 Å². The fourth-order valence-corrected chi connectivity index (χ4v) is 2.70. The van der Waals surface area contributed by atoms with Gasteiger partial charge < -0.3 is 0 Å². The molecule has 0 N–H and O–H groups in total. The van der Waals surface area contributed by atoms with Crippen molar-refractivity contribution in [1.29, 1.82) is 0 Å². The SMILES string of the molecule is Cc1cnc2n(-c3ccc(F)cc3)c3cc(F)ccc3n12. The monoisotopic (exact) mass is 283 g/mol. The summed E-state index contributed by atoms with van der Waals surface area (Å²) in [5.41, 5.74) is 3.27. The van der Waals surface area contributed by atoms with Crippen molar-refractivity contribution in [2.75, 3.05) is 0 Å². The molecular formula is C16H11F2N3. The zero-order chi connectivity index (χ0) is 14.6. The van der Waals surface area contributed by atoms with Crippen LogP contribution in [0.1, 0.15) is 5.69 Å². The Bertz CT molecular complexity index is 965. The molecule has 3 nitrogen and oxygen atoms in total. The minimum Gasteiger partial charge on any atom is -0.281 e. The molecule has 21 heavy (non-hydrogen) atoms. The van der Waals surface area contributed by atoms with Gasteiger partial charge in [0.05, 0.1) is 17.2 Å². The first-order valence-electron chi connectivity index (χ1n) is 6.55. The molecule has 2 heterocycles. The molecule has 0 unspecified atom stereocenters. The number of hydrogen-bond donors (Lipinski definition) is 0. The molecule has 0 aliphatic carbocycles. The fourth-order valence-electron chi connectivity index (χ4n) is 2.70. The summed E-state index contributed by atoms with van der Waals surface area (Å²) in [7, 11) is 0. The van der Waals surface area contributed by atoms with Crippen LogP contribution in [0.3, 0.4) is 0 Å². The van der Waals surface area contributed by atoms with Crippen LogP contribution in [0.4, 0.5) is 8.78 Å². The van der Waals surface area contributed by atoms with Gasteiger partial charge in [-0.3, -0.25) is 8.97 Å². The van der Waals surface area contributed by atoms with E-state index in [1.54, 1.807) is 24.4 Å². The maximum absolute atomic E-state index is 13.6. The van der Waals surface area contributed by atoms with Gasteiger partial charge in [0.1, 0.15) is 11.6 Å². The first-order chi connectivity index (χ1) is 10.1. The lowest BCUT2D eigenvalue weighted by atomic mass is 10.2. The van der Waals surface area contributed by atoms with Crippen LogP contribution in [0.15, 0.2) is 48.7 Å². The predicted octanol–water partition coefficient (Wildman–Crippen LogP) is 3.86. The number of benzene rings is 2. The molecule has 5 heteroatoms. The number of nitrogens with zero attached hydrogens (tertiary/aromatic N) is 3. The van der Waals surface area contributed by atoms with Gasteiger partial charge in [0.15, 0.2) is 0 Å². The topological polar surface area (TPSA) is 22.2 Å². The molecule has 104 valence electrons. The van der Waals surface area contributed by atoms with Crippen LogP contribution in [-0.2, 0) is 0 Å². The smallest absolute Gasteiger partial charge is 0.219 e. The molecule has 0 aliphatic heterocycles. The molecule has 2 aromatic heterocycles.